The third-order valence-electron chi connectivity index (χ3n) is 4.13. The van der Waals surface area contributed by atoms with E-state index in [9.17, 15) is 13.2 Å². The molecule has 2 aromatic carbocycles. The molecule has 0 bridgehead atoms. The normalized spacial score (nSPS) is 16.6. The van der Waals surface area contributed by atoms with E-state index in [4.69, 9.17) is 5.11 Å². The van der Waals surface area contributed by atoms with Crippen molar-refractivity contribution in [3.05, 3.63) is 42.5 Å². The standard InChI is InChI=1S/C16H18N2O4S/c19-16(20)18-10-8-13(9-11-18)17-23(21,22)15-7-3-5-12-4-1-2-6-14(12)15/h1-7,13,17H,8-11H2,(H,19,20). The number of hydrogen-bond donors (Lipinski definition) is 2. The number of amides is 1. The van der Waals surface area contributed by atoms with Crippen molar-refractivity contribution < 1.29 is 18.3 Å². The molecule has 0 aromatic heterocycles. The highest BCUT2D eigenvalue weighted by Crippen LogP contribution is 2.23. The zero-order chi connectivity index (χ0) is 16.4. The fraction of sp³-hybridized carbons (Fsp3) is 0.312. The minimum Gasteiger partial charge on any atom is -0.465 e. The first kappa shape index (κ1) is 15.8. The van der Waals surface area contributed by atoms with Crippen molar-refractivity contribution in [3.8, 4) is 0 Å². The largest absolute Gasteiger partial charge is 0.465 e. The number of piperidine rings is 1. The molecule has 122 valence electrons. The van der Waals surface area contributed by atoms with Crippen LogP contribution >= 0.6 is 0 Å². The number of nitrogens with zero attached hydrogens (tertiary/aromatic N) is 1. The summed E-state index contributed by atoms with van der Waals surface area (Å²) in [5, 5.41) is 10.5. The van der Waals surface area contributed by atoms with Crippen molar-refractivity contribution in [1.82, 2.24) is 9.62 Å². The van der Waals surface area contributed by atoms with Crippen molar-refractivity contribution in [2.75, 3.05) is 13.1 Å². The topological polar surface area (TPSA) is 86.7 Å². The Morgan fingerprint density at radius 2 is 1.74 bits per heavy atom. The molecule has 0 spiro atoms. The molecule has 1 heterocycles. The maximum atomic E-state index is 12.7. The number of benzene rings is 2. The first-order valence-electron chi connectivity index (χ1n) is 7.45. The van der Waals surface area contributed by atoms with Gasteiger partial charge in [-0.2, -0.15) is 0 Å². The predicted molar refractivity (Wildman–Crippen MR) is 86.9 cm³/mol. The van der Waals surface area contributed by atoms with Gasteiger partial charge in [-0.25, -0.2) is 17.9 Å². The van der Waals surface area contributed by atoms with Gasteiger partial charge in [0.1, 0.15) is 0 Å². The molecule has 0 atom stereocenters. The molecule has 1 fully saturated rings. The predicted octanol–water partition coefficient (Wildman–Crippen LogP) is 2.26. The second-order valence-corrected chi connectivity index (χ2v) is 7.32. The average Bonchev–Trinajstić information content (AvgIpc) is 2.54. The van der Waals surface area contributed by atoms with E-state index in [1.54, 1.807) is 18.2 Å². The Labute approximate surface area is 134 Å². The summed E-state index contributed by atoms with van der Waals surface area (Å²) in [6.07, 6.45) is 0.00687. The van der Waals surface area contributed by atoms with Crippen LogP contribution in [0.5, 0.6) is 0 Å². The zero-order valence-electron chi connectivity index (χ0n) is 12.5. The van der Waals surface area contributed by atoms with Crippen LogP contribution < -0.4 is 4.72 Å². The highest BCUT2D eigenvalue weighted by Gasteiger charge is 2.27. The van der Waals surface area contributed by atoms with Crippen LogP contribution in [0.2, 0.25) is 0 Å². The summed E-state index contributed by atoms with van der Waals surface area (Å²) in [6, 6.07) is 12.3. The summed E-state index contributed by atoms with van der Waals surface area (Å²) < 4.78 is 28.1. The van der Waals surface area contributed by atoms with E-state index in [0.29, 0.717) is 31.3 Å². The Morgan fingerprint density at radius 1 is 1.09 bits per heavy atom. The fourth-order valence-electron chi connectivity index (χ4n) is 2.90. The van der Waals surface area contributed by atoms with Crippen LogP contribution in [-0.4, -0.2) is 43.6 Å². The van der Waals surface area contributed by atoms with Crippen LogP contribution in [0, 0.1) is 0 Å². The van der Waals surface area contributed by atoms with Crippen molar-refractivity contribution in [2.45, 2.75) is 23.8 Å². The van der Waals surface area contributed by atoms with Crippen LogP contribution in [0.4, 0.5) is 4.79 Å². The van der Waals surface area contributed by atoms with E-state index >= 15 is 0 Å². The van der Waals surface area contributed by atoms with Gasteiger partial charge in [-0.1, -0.05) is 36.4 Å². The third-order valence-corrected chi connectivity index (χ3v) is 5.71. The number of carbonyl (C=O) groups is 1. The number of nitrogens with one attached hydrogen (secondary N) is 1. The Bertz CT molecular complexity index is 822. The summed E-state index contributed by atoms with van der Waals surface area (Å²) >= 11 is 0. The smallest absolute Gasteiger partial charge is 0.407 e. The van der Waals surface area contributed by atoms with Crippen molar-refractivity contribution in [3.63, 3.8) is 0 Å². The minimum atomic E-state index is -3.64. The molecule has 23 heavy (non-hydrogen) atoms. The van der Waals surface area contributed by atoms with Gasteiger partial charge < -0.3 is 10.0 Å². The second-order valence-electron chi connectivity index (χ2n) is 5.64. The molecule has 6 nitrogen and oxygen atoms in total. The van der Waals surface area contributed by atoms with E-state index in [-0.39, 0.29) is 10.9 Å². The van der Waals surface area contributed by atoms with Gasteiger partial charge in [0.15, 0.2) is 0 Å². The van der Waals surface area contributed by atoms with Crippen molar-refractivity contribution >= 4 is 26.9 Å². The summed E-state index contributed by atoms with van der Waals surface area (Å²) in [5.74, 6) is 0. The van der Waals surface area contributed by atoms with Gasteiger partial charge >= 0.3 is 6.09 Å². The summed E-state index contributed by atoms with van der Waals surface area (Å²) in [7, 11) is -3.64. The zero-order valence-corrected chi connectivity index (χ0v) is 13.3. The van der Waals surface area contributed by atoms with Gasteiger partial charge in [-0.15, -0.1) is 0 Å². The van der Waals surface area contributed by atoms with Gasteiger partial charge in [0.05, 0.1) is 4.90 Å². The van der Waals surface area contributed by atoms with Gasteiger partial charge in [0, 0.05) is 24.5 Å². The Balaban J connectivity index is 1.81. The van der Waals surface area contributed by atoms with Gasteiger partial charge in [-0.05, 0) is 24.3 Å². The highest BCUT2D eigenvalue weighted by molar-refractivity contribution is 7.89. The molecule has 1 amide bonds. The fourth-order valence-corrected chi connectivity index (χ4v) is 4.44. The first-order chi connectivity index (χ1) is 11.0. The molecule has 1 saturated heterocycles. The number of hydrogen-bond acceptors (Lipinski definition) is 3. The molecule has 3 rings (SSSR count). The van der Waals surface area contributed by atoms with Crippen LogP contribution in [-0.2, 0) is 10.0 Å². The molecule has 1 aliphatic rings. The lowest BCUT2D eigenvalue weighted by Gasteiger charge is -2.30. The Kier molecular flexibility index (Phi) is 4.23. The number of rotatable bonds is 3. The number of carboxylic acid groups (broad SMARTS) is 1. The Morgan fingerprint density at radius 3 is 2.43 bits per heavy atom. The average molecular weight is 334 g/mol. The second kappa shape index (κ2) is 6.17. The van der Waals surface area contributed by atoms with E-state index < -0.39 is 16.1 Å². The summed E-state index contributed by atoms with van der Waals surface area (Å²) in [5.41, 5.74) is 0. The van der Waals surface area contributed by atoms with Gasteiger partial charge in [0.2, 0.25) is 10.0 Å². The lowest BCUT2D eigenvalue weighted by Crippen LogP contribution is -2.46. The maximum Gasteiger partial charge on any atom is 0.407 e. The van der Waals surface area contributed by atoms with Crippen LogP contribution in [0.25, 0.3) is 10.8 Å². The monoisotopic (exact) mass is 334 g/mol. The summed E-state index contributed by atoms with van der Waals surface area (Å²) in [4.78, 5) is 12.5. The molecule has 1 aliphatic heterocycles. The molecule has 2 aromatic rings. The van der Waals surface area contributed by atoms with E-state index in [2.05, 4.69) is 4.72 Å². The molecule has 0 saturated carbocycles. The molecular weight excluding hydrogens is 316 g/mol. The molecule has 0 aliphatic carbocycles. The number of likely N-dealkylation sites (tertiary alicyclic amines) is 1. The first-order valence-corrected chi connectivity index (χ1v) is 8.94. The third kappa shape index (κ3) is 3.30. The lowest BCUT2D eigenvalue weighted by molar-refractivity contribution is 0.131. The molecule has 7 heteroatoms. The molecule has 0 unspecified atom stereocenters. The van der Waals surface area contributed by atoms with E-state index in [1.807, 2.05) is 24.3 Å². The van der Waals surface area contributed by atoms with Crippen molar-refractivity contribution in [2.24, 2.45) is 0 Å². The maximum absolute atomic E-state index is 12.7. The number of fused-ring (bicyclic) bond motifs is 1. The Hall–Kier alpha value is -2.12. The van der Waals surface area contributed by atoms with Crippen molar-refractivity contribution in [1.29, 1.82) is 0 Å². The summed E-state index contributed by atoms with van der Waals surface area (Å²) in [6.45, 7) is 0.691. The van der Waals surface area contributed by atoms with Crippen LogP contribution in [0.15, 0.2) is 47.4 Å². The van der Waals surface area contributed by atoms with Gasteiger partial charge in [0.25, 0.3) is 0 Å². The quantitative estimate of drug-likeness (QED) is 0.901. The number of sulfonamides is 1. The molecule has 2 N–H and O–H groups in total. The van der Waals surface area contributed by atoms with Crippen LogP contribution in [0.1, 0.15) is 12.8 Å². The van der Waals surface area contributed by atoms with Crippen LogP contribution in [0.3, 0.4) is 0 Å². The lowest BCUT2D eigenvalue weighted by atomic mass is 10.1. The molecular formula is C16H18N2O4S. The van der Waals surface area contributed by atoms with Gasteiger partial charge in [-0.3, -0.25) is 0 Å². The van der Waals surface area contributed by atoms with E-state index in [0.717, 1.165) is 5.39 Å². The minimum absolute atomic E-state index is 0.241. The molecule has 0 radical (unpaired) electrons. The highest BCUT2D eigenvalue weighted by atomic mass is 32.2. The SMILES string of the molecule is O=C(O)N1CCC(NS(=O)(=O)c2cccc3ccccc23)CC1. The van der Waals surface area contributed by atoms with E-state index in [1.165, 1.54) is 4.90 Å².